The third-order valence-corrected chi connectivity index (χ3v) is 4.69. The topological polar surface area (TPSA) is 52.0 Å². The number of hydrogen-bond acceptors (Lipinski definition) is 3. The first-order chi connectivity index (χ1) is 9.98. The van der Waals surface area contributed by atoms with Crippen LogP contribution in [0.25, 0.3) is 11.0 Å². The van der Waals surface area contributed by atoms with Crippen LogP contribution < -0.4 is 0 Å². The first-order valence-corrected chi connectivity index (χ1v) is 8.64. The largest absolute Gasteiger partial charge is 0.237 e. The van der Waals surface area contributed by atoms with E-state index in [1.54, 1.807) is 18.2 Å². The Morgan fingerprint density at radius 1 is 1.05 bits per heavy atom. The van der Waals surface area contributed by atoms with Gasteiger partial charge < -0.3 is 0 Å². The zero-order chi connectivity index (χ0) is 15.0. The van der Waals surface area contributed by atoms with Crippen LogP contribution in [0.5, 0.6) is 0 Å². The number of nitrogens with zero attached hydrogens (tertiary/aromatic N) is 2. The molecule has 108 valence electrons. The number of benzene rings is 2. The van der Waals surface area contributed by atoms with Crippen molar-refractivity contribution in [2.75, 3.05) is 6.26 Å². The minimum atomic E-state index is -3.50. The highest BCUT2D eigenvalue weighted by Crippen LogP contribution is 2.31. The molecule has 0 aliphatic carbocycles. The Morgan fingerprint density at radius 2 is 1.67 bits per heavy atom. The summed E-state index contributed by atoms with van der Waals surface area (Å²) in [6, 6.07) is 16.4. The molecule has 0 spiro atoms. The van der Waals surface area contributed by atoms with Crippen molar-refractivity contribution in [3.8, 4) is 0 Å². The van der Waals surface area contributed by atoms with Crippen LogP contribution in [0.1, 0.15) is 16.8 Å². The molecule has 2 aromatic carbocycles. The Morgan fingerprint density at radius 3 is 2.33 bits per heavy atom. The van der Waals surface area contributed by atoms with Gasteiger partial charge >= 0.3 is 0 Å². The molecule has 21 heavy (non-hydrogen) atoms. The van der Waals surface area contributed by atoms with Gasteiger partial charge in [-0.2, -0.15) is 0 Å². The third-order valence-electron chi connectivity index (χ3n) is 3.19. The Kier molecular flexibility index (Phi) is 3.47. The molecule has 1 aromatic heterocycles. The van der Waals surface area contributed by atoms with Crippen molar-refractivity contribution < 1.29 is 8.42 Å². The van der Waals surface area contributed by atoms with Crippen LogP contribution >= 0.6 is 11.6 Å². The van der Waals surface area contributed by atoms with Gasteiger partial charge in [-0.25, -0.2) is 17.4 Å². The molecule has 0 N–H and O–H groups in total. The van der Waals surface area contributed by atoms with Crippen LogP contribution in [-0.4, -0.2) is 23.6 Å². The van der Waals surface area contributed by atoms with E-state index < -0.39 is 15.4 Å². The average Bonchev–Trinajstić information content (AvgIpc) is 2.86. The van der Waals surface area contributed by atoms with Gasteiger partial charge in [-0.1, -0.05) is 42.5 Å². The SMILES string of the molecule is CS(=O)(=O)n1c(C(Cl)c2ccccc2)nc2ccccc21. The van der Waals surface area contributed by atoms with Gasteiger partial charge in [-0.15, -0.1) is 11.6 Å². The minimum Gasteiger partial charge on any atom is -0.230 e. The first kappa shape index (κ1) is 14.1. The summed E-state index contributed by atoms with van der Waals surface area (Å²) in [4.78, 5) is 4.41. The summed E-state index contributed by atoms with van der Waals surface area (Å²) >= 11 is 6.47. The summed E-state index contributed by atoms with van der Waals surface area (Å²) in [5, 5.41) is -0.631. The van der Waals surface area contributed by atoms with E-state index in [1.165, 1.54) is 3.97 Å². The van der Waals surface area contributed by atoms with Crippen molar-refractivity contribution in [3.63, 3.8) is 0 Å². The van der Waals surface area contributed by atoms with E-state index in [2.05, 4.69) is 4.98 Å². The summed E-state index contributed by atoms with van der Waals surface area (Å²) in [5.41, 5.74) is 1.95. The molecule has 4 nitrogen and oxygen atoms in total. The lowest BCUT2D eigenvalue weighted by molar-refractivity contribution is 0.592. The zero-order valence-corrected chi connectivity index (χ0v) is 12.8. The van der Waals surface area contributed by atoms with Gasteiger partial charge in [-0.05, 0) is 17.7 Å². The molecule has 0 radical (unpaired) electrons. The van der Waals surface area contributed by atoms with Crippen molar-refractivity contribution in [1.82, 2.24) is 8.96 Å². The molecule has 1 atom stereocenters. The second-order valence-corrected chi connectivity index (χ2v) is 7.03. The fourth-order valence-electron chi connectivity index (χ4n) is 2.30. The predicted molar refractivity (Wildman–Crippen MR) is 84.1 cm³/mol. The quantitative estimate of drug-likeness (QED) is 0.696. The summed E-state index contributed by atoms with van der Waals surface area (Å²) in [6.45, 7) is 0. The molecule has 0 aliphatic rings. The van der Waals surface area contributed by atoms with Crippen LogP contribution in [0.2, 0.25) is 0 Å². The lowest BCUT2D eigenvalue weighted by Gasteiger charge is -2.11. The molecule has 0 saturated heterocycles. The number of para-hydroxylation sites is 2. The van der Waals surface area contributed by atoms with E-state index in [9.17, 15) is 8.42 Å². The Bertz CT molecular complexity index is 888. The van der Waals surface area contributed by atoms with E-state index in [4.69, 9.17) is 11.6 Å². The number of hydrogen-bond donors (Lipinski definition) is 0. The fraction of sp³-hybridized carbons (Fsp3) is 0.133. The minimum absolute atomic E-state index is 0.312. The number of halogens is 1. The van der Waals surface area contributed by atoms with E-state index in [1.807, 2.05) is 36.4 Å². The summed E-state index contributed by atoms with van der Waals surface area (Å²) < 4.78 is 25.5. The summed E-state index contributed by atoms with van der Waals surface area (Å²) in [7, 11) is -3.50. The highest BCUT2D eigenvalue weighted by atomic mass is 35.5. The van der Waals surface area contributed by atoms with Gasteiger partial charge in [0.2, 0.25) is 10.0 Å². The molecule has 0 bridgehead atoms. The van der Waals surface area contributed by atoms with Crippen LogP contribution in [0.4, 0.5) is 0 Å². The van der Waals surface area contributed by atoms with Crippen LogP contribution in [-0.2, 0) is 10.0 Å². The maximum absolute atomic E-state index is 12.1. The second kappa shape index (κ2) is 5.16. The molecule has 3 rings (SSSR count). The standard InChI is InChI=1S/C15H13ClN2O2S/c1-21(19,20)18-13-10-6-5-9-12(13)17-15(18)14(16)11-7-3-2-4-8-11/h2-10,14H,1H3. The third kappa shape index (κ3) is 2.54. The van der Waals surface area contributed by atoms with Crippen molar-refractivity contribution in [2.45, 2.75) is 5.38 Å². The van der Waals surface area contributed by atoms with Crippen molar-refractivity contribution in [3.05, 3.63) is 66.0 Å². The molecule has 0 amide bonds. The van der Waals surface area contributed by atoms with Crippen LogP contribution in [0, 0.1) is 0 Å². The number of rotatable bonds is 3. The van der Waals surface area contributed by atoms with Gasteiger partial charge in [0.15, 0.2) is 0 Å². The molecule has 6 heteroatoms. The Hall–Kier alpha value is -1.85. The number of fused-ring (bicyclic) bond motifs is 1. The maximum atomic E-state index is 12.1. The number of alkyl halides is 1. The average molecular weight is 321 g/mol. The maximum Gasteiger partial charge on any atom is 0.237 e. The Labute approximate surface area is 128 Å². The lowest BCUT2D eigenvalue weighted by Crippen LogP contribution is -2.15. The molecule has 1 unspecified atom stereocenters. The van der Waals surface area contributed by atoms with Gasteiger partial charge in [0.1, 0.15) is 11.2 Å². The summed E-state index contributed by atoms with van der Waals surface area (Å²) in [5.74, 6) is 0.312. The van der Waals surface area contributed by atoms with E-state index in [0.29, 0.717) is 16.9 Å². The van der Waals surface area contributed by atoms with Gasteiger partial charge in [0.25, 0.3) is 0 Å². The smallest absolute Gasteiger partial charge is 0.230 e. The molecule has 0 saturated carbocycles. The molecule has 3 aromatic rings. The second-order valence-electron chi connectivity index (χ2n) is 4.76. The predicted octanol–water partition coefficient (Wildman–Crippen LogP) is 3.17. The Balaban J connectivity index is 2.28. The molecule has 1 heterocycles. The van der Waals surface area contributed by atoms with Crippen LogP contribution in [0.15, 0.2) is 54.6 Å². The number of aromatic nitrogens is 2. The lowest BCUT2D eigenvalue weighted by atomic mass is 10.1. The monoisotopic (exact) mass is 320 g/mol. The first-order valence-electron chi connectivity index (χ1n) is 6.35. The van der Waals surface area contributed by atoms with Crippen molar-refractivity contribution in [2.24, 2.45) is 0 Å². The molecular formula is C15H13ClN2O2S. The fourth-order valence-corrected chi connectivity index (χ4v) is 3.65. The van der Waals surface area contributed by atoms with Crippen LogP contribution in [0.3, 0.4) is 0 Å². The normalized spacial score (nSPS) is 13.4. The summed E-state index contributed by atoms with van der Waals surface area (Å²) in [6.07, 6.45) is 1.15. The number of imidazole rings is 1. The zero-order valence-electron chi connectivity index (χ0n) is 11.3. The highest BCUT2D eigenvalue weighted by Gasteiger charge is 2.24. The van der Waals surface area contributed by atoms with Crippen molar-refractivity contribution in [1.29, 1.82) is 0 Å². The van der Waals surface area contributed by atoms with Gasteiger partial charge in [0, 0.05) is 0 Å². The highest BCUT2D eigenvalue weighted by molar-refractivity contribution is 7.89. The van der Waals surface area contributed by atoms with Gasteiger partial charge in [0.05, 0.1) is 17.3 Å². The van der Waals surface area contributed by atoms with E-state index in [-0.39, 0.29) is 0 Å². The molecule has 0 fully saturated rings. The van der Waals surface area contributed by atoms with Crippen molar-refractivity contribution >= 4 is 32.7 Å². The van der Waals surface area contributed by atoms with Gasteiger partial charge in [-0.3, -0.25) is 0 Å². The molecular weight excluding hydrogens is 308 g/mol. The van der Waals surface area contributed by atoms with E-state index >= 15 is 0 Å². The molecule has 0 aliphatic heterocycles. The van der Waals surface area contributed by atoms with E-state index in [0.717, 1.165) is 11.8 Å².